The molecule has 0 bridgehead atoms. The number of benzene rings is 2. The highest BCUT2D eigenvalue weighted by Gasteiger charge is 2.17. The van der Waals surface area contributed by atoms with E-state index in [4.69, 9.17) is 19.8 Å². The molecule has 0 spiro atoms. The van der Waals surface area contributed by atoms with Crippen LogP contribution in [0.2, 0.25) is 0 Å². The molecule has 2 aromatic carbocycles. The van der Waals surface area contributed by atoms with Crippen molar-refractivity contribution < 1.29 is 29.4 Å². The van der Waals surface area contributed by atoms with Crippen LogP contribution in [0.1, 0.15) is 35.2 Å². The van der Waals surface area contributed by atoms with Crippen molar-refractivity contribution >= 4 is 29.4 Å². The molecule has 0 aliphatic carbocycles. The molecule has 4 N–H and O–H groups in total. The number of amides is 2. The maximum atomic E-state index is 12.5. The fourth-order valence-electron chi connectivity index (χ4n) is 3.26. The summed E-state index contributed by atoms with van der Waals surface area (Å²) in [7, 11) is 0. The molecule has 1 aliphatic rings. The van der Waals surface area contributed by atoms with Gasteiger partial charge in [-0.3, -0.25) is 9.59 Å². The minimum atomic E-state index is -1.82. The number of likely N-dealkylation sites (tertiary alicyclic amines) is 1. The van der Waals surface area contributed by atoms with Crippen LogP contribution in [0.15, 0.2) is 54.6 Å². The van der Waals surface area contributed by atoms with Crippen molar-refractivity contribution in [1.29, 1.82) is 0 Å². The number of nitrogens with zero attached hydrogens (tertiary/aromatic N) is 1. The summed E-state index contributed by atoms with van der Waals surface area (Å²) < 4.78 is 0. The van der Waals surface area contributed by atoms with Gasteiger partial charge in [0.2, 0.25) is 5.91 Å². The monoisotopic (exact) mass is 455 g/mol. The number of anilines is 1. The maximum absolute atomic E-state index is 12.5. The minimum absolute atomic E-state index is 0.0788. The second-order valence-corrected chi connectivity index (χ2v) is 7.50. The molecular formula is C24H29N3O6. The zero-order valence-electron chi connectivity index (χ0n) is 18.3. The highest BCUT2D eigenvalue weighted by atomic mass is 16.4. The van der Waals surface area contributed by atoms with Gasteiger partial charge in [0.1, 0.15) is 0 Å². The zero-order valence-corrected chi connectivity index (χ0v) is 18.3. The summed E-state index contributed by atoms with van der Waals surface area (Å²) in [6.07, 6.45) is 4.25. The Kier molecular flexibility index (Phi) is 10.6. The number of hydrogen-bond acceptors (Lipinski definition) is 5. The van der Waals surface area contributed by atoms with Gasteiger partial charge in [0, 0.05) is 24.3 Å². The summed E-state index contributed by atoms with van der Waals surface area (Å²) in [6.45, 7) is 2.69. The van der Waals surface area contributed by atoms with Crippen molar-refractivity contribution in [2.24, 2.45) is 0 Å². The van der Waals surface area contributed by atoms with Crippen molar-refractivity contribution in [3.63, 3.8) is 0 Å². The van der Waals surface area contributed by atoms with Gasteiger partial charge >= 0.3 is 11.9 Å². The van der Waals surface area contributed by atoms with E-state index in [1.54, 1.807) is 24.3 Å². The largest absolute Gasteiger partial charge is 0.473 e. The van der Waals surface area contributed by atoms with Crippen LogP contribution in [-0.4, -0.2) is 65.0 Å². The van der Waals surface area contributed by atoms with Crippen LogP contribution < -0.4 is 10.6 Å². The molecule has 9 heteroatoms. The molecule has 9 nitrogen and oxygen atoms in total. The molecule has 1 saturated heterocycles. The average Bonchev–Trinajstić information content (AvgIpc) is 2.83. The lowest BCUT2D eigenvalue weighted by molar-refractivity contribution is -0.159. The third kappa shape index (κ3) is 9.53. The minimum Gasteiger partial charge on any atom is -0.473 e. The smallest absolute Gasteiger partial charge is 0.414 e. The van der Waals surface area contributed by atoms with E-state index in [2.05, 4.69) is 22.8 Å². The number of carboxylic acid groups (broad SMARTS) is 2. The molecule has 0 aromatic heterocycles. The van der Waals surface area contributed by atoms with Gasteiger partial charge < -0.3 is 25.7 Å². The molecule has 176 valence electrons. The van der Waals surface area contributed by atoms with Crippen LogP contribution in [0, 0.1) is 0 Å². The van der Waals surface area contributed by atoms with Crippen molar-refractivity contribution in [1.82, 2.24) is 10.2 Å². The Labute approximate surface area is 192 Å². The zero-order chi connectivity index (χ0) is 24.1. The number of carboxylic acids is 2. The first-order valence-electron chi connectivity index (χ1n) is 10.8. The van der Waals surface area contributed by atoms with E-state index in [1.807, 2.05) is 23.1 Å². The van der Waals surface area contributed by atoms with Crippen LogP contribution in [0.5, 0.6) is 0 Å². The van der Waals surface area contributed by atoms with Gasteiger partial charge in [-0.05, 0) is 62.1 Å². The third-order valence-electron chi connectivity index (χ3n) is 4.96. The van der Waals surface area contributed by atoms with Crippen LogP contribution in [0.3, 0.4) is 0 Å². The number of piperidine rings is 1. The molecule has 33 heavy (non-hydrogen) atoms. The Hall–Kier alpha value is -3.72. The normalized spacial score (nSPS) is 12.8. The Balaban J connectivity index is 0.000000569. The van der Waals surface area contributed by atoms with Crippen molar-refractivity contribution in [3.05, 3.63) is 65.7 Å². The van der Waals surface area contributed by atoms with E-state index in [1.165, 1.54) is 12.0 Å². The van der Waals surface area contributed by atoms with E-state index in [-0.39, 0.29) is 18.4 Å². The fraction of sp³-hybridized carbons (Fsp3) is 0.333. The summed E-state index contributed by atoms with van der Waals surface area (Å²) in [5.74, 6) is -3.65. The molecule has 0 unspecified atom stereocenters. The number of rotatable bonds is 7. The van der Waals surface area contributed by atoms with E-state index in [9.17, 15) is 9.59 Å². The quantitative estimate of drug-likeness (QED) is 0.371. The Morgan fingerprint density at radius 1 is 0.818 bits per heavy atom. The SMILES string of the molecule is O=C(CNCCc1ccccc1)Nc1ccc(C(=O)N2CCCCC2)cc1.O=C(O)C(=O)O. The van der Waals surface area contributed by atoms with Gasteiger partial charge in [0.15, 0.2) is 0 Å². The first-order chi connectivity index (χ1) is 15.9. The van der Waals surface area contributed by atoms with Crippen molar-refractivity contribution in [2.45, 2.75) is 25.7 Å². The summed E-state index contributed by atoms with van der Waals surface area (Å²) in [6, 6.07) is 17.3. The lowest BCUT2D eigenvalue weighted by Gasteiger charge is -2.26. The van der Waals surface area contributed by atoms with Gasteiger partial charge in [-0.1, -0.05) is 30.3 Å². The second-order valence-electron chi connectivity index (χ2n) is 7.50. The summed E-state index contributed by atoms with van der Waals surface area (Å²) in [5, 5.41) is 20.8. The number of carbonyl (C=O) groups is 4. The average molecular weight is 456 g/mol. The third-order valence-corrected chi connectivity index (χ3v) is 4.96. The predicted molar refractivity (Wildman–Crippen MR) is 123 cm³/mol. The Morgan fingerprint density at radius 2 is 1.42 bits per heavy atom. The molecule has 1 fully saturated rings. The fourth-order valence-corrected chi connectivity index (χ4v) is 3.26. The Bertz CT molecular complexity index is 913. The number of hydrogen-bond donors (Lipinski definition) is 4. The van der Waals surface area contributed by atoms with Gasteiger partial charge in [0.25, 0.3) is 5.91 Å². The molecule has 0 saturated carbocycles. The summed E-state index contributed by atoms with van der Waals surface area (Å²) >= 11 is 0. The summed E-state index contributed by atoms with van der Waals surface area (Å²) in [5.41, 5.74) is 2.63. The summed E-state index contributed by atoms with van der Waals surface area (Å²) in [4.78, 5) is 44.6. The molecule has 2 aromatic rings. The van der Waals surface area contributed by atoms with Gasteiger partial charge in [0.05, 0.1) is 6.54 Å². The van der Waals surface area contributed by atoms with E-state index < -0.39 is 11.9 Å². The highest BCUT2D eigenvalue weighted by molar-refractivity contribution is 6.27. The van der Waals surface area contributed by atoms with Gasteiger partial charge in [-0.2, -0.15) is 0 Å². The topological polar surface area (TPSA) is 136 Å². The van der Waals surface area contributed by atoms with E-state index in [0.29, 0.717) is 11.3 Å². The lowest BCUT2D eigenvalue weighted by atomic mass is 10.1. The molecule has 0 radical (unpaired) electrons. The number of aliphatic carboxylic acids is 2. The Morgan fingerprint density at radius 3 is 2.00 bits per heavy atom. The first-order valence-corrected chi connectivity index (χ1v) is 10.8. The lowest BCUT2D eigenvalue weighted by Crippen LogP contribution is -2.35. The van der Waals surface area contributed by atoms with E-state index >= 15 is 0 Å². The molecule has 1 aliphatic heterocycles. The predicted octanol–water partition coefficient (Wildman–Crippen LogP) is 2.24. The standard InChI is InChI=1S/C22H27N3O2.C2H2O4/c26-21(17-23-14-13-18-7-3-1-4-8-18)24-20-11-9-19(10-12-20)22(27)25-15-5-2-6-16-25;3-1(4)2(5)6/h1,3-4,7-12,23H,2,5-6,13-17H2,(H,24,26);(H,3,4)(H,5,6). The first kappa shape index (κ1) is 25.5. The van der Waals surface area contributed by atoms with Gasteiger partial charge in [-0.15, -0.1) is 0 Å². The van der Waals surface area contributed by atoms with Crippen LogP contribution in [-0.2, 0) is 20.8 Å². The van der Waals surface area contributed by atoms with E-state index in [0.717, 1.165) is 38.9 Å². The molecule has 0 atom stereocenters. The second kappa shape index (κ2) is 13.6. The molecule has 2 amide bonds. The molecule has 3 rings (SSSR count). The van der Waals surface area contributed by atoms with Crippen molar-refractivity contribution in [2.75, 3.05) is 31.5 Å². The molecule has 1 heterocycles. The molecular weight excluding hydrogens is 426 g/mol. The van der Waals surface area contributed by atoms with Gasteiger partial charge in [-0.25, -0.2) is 9.59 Å². The van der Waals surface area contributed by atoms with Crippen LogP contribution in [0.4, 0.5) is 5.69 Å². The van der Waals surface area contributed by atoms with Crippen molar-refractivity contribution in [3.8, 4) is 0 Å². The number of nitrogens with one attached hydrogen (secondary N) is 2. The maximum Gasteiger partial charge on any atom is 0.414 e. The highest BCUT2D eigenvalue weighted by Crippen LogP contribution is 2.15. The van der Waals surface area contributed by atoms with Crippen LogP contribution >= 0.6 is 0 Å². The number of carbonyl (C=O) groups excluding carboxylic acids is 2. The van der Waals surface area contributed by atoms with Crippen LogP contribution in [0.25, 0.3) is 0 Å².